The molecule has 1 aliphatic rings. The van der Waals surface area contributed by atoms with Crippen LogP contribution in [-0.4, -0.2) is 43.9 Å². The number of para-hydroxylation sites is 1. The van der Waals surface area contributed by atoms with Crippen molar-refractivity contribution in [2.24, 2.45) is 0 Å². The summed E-state index contributed by atoms with van der Waals surface area (Å²) in [6.07, 6.45) is 0. The van der Waals surface area contributed by atoms with Crippen molar-refractivity contribution in [1.82, 2.24) is 9.29 Å². The molecule has 4 aromatic rings. The van der Waals surface area contributed by atoms with E-state index in [1.165, 1.54) is 0 Å². The van der Waals surface area contributed by atoms with E-state index >= 15 is 0 Å². The Balaban J connectivity index is 1.26. The average Bonchev–Trinajstić information content (AvgIpc) is 3.52. The molecule has 9 heteroatoms. The average molecular weight is 484 g/mol. The molecule has 0 amide bonds. The number of ether oxygens (including phenoxy) is 1. The Morgan fingerprint density at radius 2 is 1.66 bits per heavy atom. The highest BCUT2D eigenvalue weighted by Gasteiger charge is 2.29. The maximum absolute atomic E-state index is 13.2. The highest BCUT2D eigenvalue weighted by atomic mass is 32.2. The Labute approximate surface area is 195 Å². The van der Waals surface area contributed by atoms with Gasteiger partial charge < -0.3 is 9.64 Å². The number of anilines is 1. The van der Waals surface area contributed by atoms with Crippen molar-refractivity contribution in [2.75, 3.05) is 31.1 Å². The number of rotatable bonds is 6. The summed E-state index contributed by atoms with van der Waals surface area (Å²) in [5.41, 5.74) is 2.09. The second-order valence-electron chi connectivity index (χ2n) is 7.31. The number of hydrogen-bond donors (Lipinski definition) is 0. The molecule has 5 rings (SSSR count). The maximum atomic E-state index is 13.2. The van der Waals surface area contributed by atoms with Gasteiger partial charge in [0, 0.05) is 48.6 Å². The second kappa shape index (κ2) is 9.03. The van der Waals surface area contributed by atoms with Crippen LogP contribution in [0.15, 0.2) is 81.7 Å². The Bertz CT molecular complexity index is 1280. The van der Waals surface area contributed by atoms with Crippen LogP contribution in [0.1, 0.15) is 0 Å². The van der Waals surface area contributed by atoms with E-state index in [0.717, 1.165) is 16.4 Å². The van der Waals surface area contributed by atoms with Gasteiger partial charge in [-0.1, -0.05) is 24.3 Å². The fourth-order valence-electron chi connectivity index (χ4n) is 3.54. The van der Waals surface area contributed by atoms with E-state index in [2.05, 4.69) is 21.7 Å². The van der Waals surface area contributed by atoms with Gasteiger partial charge in [0.2, 0.25) is 10.0 Å². The summed E-state index contributed by atoms with van der Waals surface area (Å²) < 4.78 is 33.8. The van der Waals surface area contributed by atoms with Crippen LogP contribution < -0.4 is 9.64 Å². The van der Waals surface area contributed by atoms with Crippen molar-refractivity contribution in [3.05, 3.63) is 76.8 Å². The molecule has 6 nitrogen and oxygen atoms in total. The Morgan fingerprint density at radius 1 is 0.875 bits per heavy atom. The first-order chi connectivity index (χ1) is 15.6. The normalized spacial score (nSPS) is 15.1. The molecule has 0 N–H and O–H groups in total. The molecule has 1 saturated heterocycles. The zero-order chi connectivity index (χ0) is 22.0. The number of thiazole rings is 1. The molecule has 0 spiro atoms. The van der Waals surface area contributed by atoms with E-state index in [0.29, 0.717) is 37.7 Å². The number of sulfonamides is 1. The number of nitrogens with zero attached hydrogens (tertiary/aromatic N) is 3. The fourth-order valence-corrected chi connectivity index (χ4v) is 6.54. The molecule has 2 aromatic heterocycles. The fraction of sp³-hybridized carbons (Fsp3) is 0.174. The number of aromatic nitrogens is 1. The van der Waals surface area contributed by atoms with Gasteiger partial charge in [-0.3, -0.25) is 0 Å². The smallest absolute Gasteiger partial charge is 0.243 e. The van der Waals surface area contributed by atoms with E-state index in [9.17, 15) is 8.42 Å². The zero-order valence-electron chi connectivity index (χ0n) is 17.1. The van der Waals surface area contributed by atoms with Gasteiger partial charge in [0.25, 0.3) is 0 Å². The zero-order valence-corrected chi connectivity index (χ0v) is 19.6. The SMILES string of the molecule is O=S(=O)(c1cccc(Oc2ccccc2)c1)N1CCN(c2nc(-c3ccsc3)cs2)CC1. The third-order valence-electron chi connectivity index (χ3n) is 5.24. The lowest BCUT2D eigenvalue weighted by atomic mass is 10.3. The van der Waals surface area contributed by atoms with Gasteiger partial charge in [-0.15, -0.1) is 11.3 Å². The van der Waals surface area contributed by atoms with Crippen LogP contribution in [0.4, 0.5) is 5.13 Å². The van der Waals surface area contributed by atoms with Gasteiger partial charge in [0.05, 0.1) is 10.6 Å². The first kappa shape index (κ1) is 21.1. The minimum atomic E-state index is -3.60. The Hall–Kier alpha value is -2.72. The van der Waals surface area contributed by atoms with E-state index in [4.69, 9.17) is 9.72 Å². The van der Waals surface area contributed by atoms with Crippen molar-refractivity contribution in [3.8, 4) is 22.8 Å². The molecule has 1 fully saturated rings. The molecule has 0 unspecified atom stereocenters. The summed E-state index contributed by atoms with van der Waals surface area (Å²) in [5.74, 6) is 1.17. The van der Waals surface area contributed by atoms with Gasteiger partial charge in [-0.05, 0) is 35.7 Å². The van der Waals surface area contributed by atoms with E-state index in [1.54, 1.807) is 51.2 Å². The second-order valence-corrected chi connectivity index (χ2v) is 10.9. The van der Waals surface area contributed by atoms with E-state index in [1.807, 2.05) is 35.7 Å². The monoisotopic (exact) mass is 483 g/mol. The van der Waals surface area contributed by atoms with Crippen LogP contribution in [0.3, 0.4) is 0 Å². The molecule has 1 aliphatic heterocycles. The van der Waals surface area contributed by atoms with Crippen LogP contribution in [0.5, 0.6) is 11.5 Å². The predicted octanol–water partition coefficient (Wildman–Crippen LogP) is 5.17. The molecule has 3 heterocycles. The quantitative estimate of drug-likeness (QED) is 0.378. The predicted molar refractivity (Wildman–Crippen MR) is 129 cm³/mol. The number of thiophene rings is 1. The van der Waals surface area contributed by atoms with Crippen LogP contribution in [-0.2, 0) is 10.0 Å². The number of piperazine rings is 1. The topological polar surface area (TPSA) is 62.7 Å². The Morgan fingerprint density at radius 3 is 2.41 bits per heavy atom. The van der Waals surface area contributed by atoms with Crippen molar-refractivity contribution < 1.29 is 13.2 Å². The van der Waals surface area contributed by atoms with Crippen molar-refractivity contribution in [1.29, 1.82) is 0 Å². The standard InChI is InChI=1S/C23H21N3O3S3/c27-32(28,21-8-4-7-20(15-21)29-19-5-2-1-3-6-19)26-12-10-25(11-13-26)23-24-22(17-31-23)18-9-14-30-16-18/h1-9,14-17H,10-13H2. The minimum absolute atomic E-state index is 0.244. The van der Waals surface area contributed by atoms with Crippen molar-refractivity contribution in [2.45, 2.75) is 4.90 Å². The largest absolute Gasteiger partial charge is 0.457 e. The lowest BCUT2D eigenvalue weighted by Gasteiger charge is -2.33. The summed E-state index contributed by atoms with van der Waals surface area (Å²) in [7, 11) is -3.60. The molecule has 0 aliphatic carbocycles. The summed E-state index contributed by atoms with van der Waals surface area (Å²) >= 11 is 3.25. The van der Waals surface area contributed by atoms with Crippen molar-refractivity contribution >= 4 is 37.8 Å². The Kier molecular flexibility index (Phi) is 5.97. The van der Waals surface area contributed by atoms with Gasteiger partial charge in [-0.25, -0.2) is 13.4 Å². The van der Waals surface area contributed by atoms with Crippen LogP contribution in [0.2, 0.25) is 0 Å². The van der Waals surface area contributed by atoms with Gasteiger partial charge >= 0.3 is 0 Å². The minimum Gasteiger partial charge on any atom is -0.457 e. The lowest BCUT2D eigenvalue weighted by molar-refractivity contribution is 0.384. The number of benzene rings is 2. The summed E-state index contributed by atoms with van der Waals surface area (Å²) in [6, 6.07) is 18.1. The third kappa shape index (κ3) is 4.42. The molecule has 2 aromatic carbocycles. The van der Waals surface area contributed by atoms with Crippen molar-refractivity contribution in [3.63, 3.8) is 0 Å². The highest BCUT2D eigenvalue weighted by Crippen LogP contribution is 2.30. The summed E-state index contributed by atoms with van der Waals surface area (Å²) in [5, 5.41) is 7.11. The molecule has 0 saturated carbocycles. The molecule has 164 valence electrons. The summed E-state index contributed by atoms with van der Waals surface area (Å²) in [4.78, 5) is 7.14. The first-order valence-corrected chi connectivity index (χ1v) is 13.4. The molecule has 0 radical (unpaired) electrons. The van der Waals surface area contributed by atoms with Gasteiger partial charge in [0.1, 0.15) is 11.5 Å². The van der Waals surface area contributed by atoms with Gasteiger partial charge in [-0.2, -0.15) is 15.6 Å². The maximum Gasteiger partial charge on any atom is 0.243 e. The van der Waals surface area contributed by atoms with Gasteiger partial charge in [0.15, 0.2) is 5.13 Å². The van der Waals surface area contributed by atoms with E-state index in [-0.39, 0.29) is 4.90 Å². The molecule has 32 heavy (non-hydrogen) atoms. The third-order valence-corrected chi connectivity index (χ3v) is 8.72. The molecular weight excluding hydrogens is 462 g/mol. The van der Waals surface area contributed by atoms with Crippen LogP contribution in [0.25, 0.3) is 11.3 Å². The number of hydrogen-bond acceptors (Lipinski definition) is 7. The first-order valence-electron chi connectivity index (χ1n) is 10.2. The molecule has 0 bridgehead atoms. The highest BCUT2D eigenvalue weighted by molar-refractivity contribution is 7.89. The van der Waals surface area contributed by atoms with E-state index < -0.39 is 10.0 Å². The molecular formula is C23H21N3O3S3. The van der Waals surface area contributed by atoms with Crippen LogP contribution >= 0.6 is 22.7 Å². The lowest BCUT2D eigenvalue weighted by Crippen LogP contribution is -2.48. The summed E-state index contributed by atoms with van der Waals surface area (Å²) in [6.45, 7) is 2.05. The molecule has 0 atom stereocenters. The van der Waals surface area contributed by atoms with Crippen LogP contribution in [0, 0.1) is 0 Å².